The number of hydrogen-bond acceptors (Lipinski definition) is 3. The average molecular weight is 481 g/mol. The summed E-state index contributed by atoms with van der Waals surface area (Å²) in [5, 5.41) is 9.65. The molecule has 0 aliphatic rings. The molecule has 0 aliphatic heterocycles. The number of nitrogens with zero attached hydrogens (tertiary/aromatic N) is 1. The molecular formula is C25H15F4N3O3. The van der Waals surface area contributed by atoms with Crippen molar-refractivity contribution >= 4 is 16.9 Å². The number of fused-ring (bicyclic) bond motifs is 1. The van der Waals surface area contributed by atoms with Crippen molar-refractivity contribution in [2.75, 3.05) is 0 Å². The highest BCUT2D eigenvalue weighted by molar-refractivity contribution is 5.88. The molecule has 0 spiro atoms. The van der Waals surface area contributed by atoms with Crippen LogP contribution in [0.4, 0.5) is 17.6 Å². The normalized spacial score (nSPS) is 11.2. The van der Waals surface area contributed by atoms with Gasteiger partial charge in [0, 0.05) is 24.1 Å². The molecule has 0 fully saturated rings. The second-order valence-electron chi connectivity index (χ2n) is 7.67. The number of ether oxygens (including phenoxy) is 1. The quantitative estimate of drug-likeness (QED) is 0.252. The molecule has 0 amide bonds. The third-order valence-corrected chi connectivity index (χ3v) is 5.42. The van der Waals surface area contributed by atoms with Gasteiger partial charge >= 0.3 is 5.97 Å². The Kier molecular flexibility index (Phi) is 5.48. The van der Waals surface area contributed by atoms with Gasteiger partial charge in [0.2, 0.25) is 0 Å². The van der Waals surface area contributed by atoms with E-state index in [0.29, 0.717) is 0 Å². The molecule has 2 heterocycles. The van der Waals surface area contributed by atoms with E-state index in [1.807, 2.05) is 0 Å². The van der Waals surface area contributed by atoms with Crippen molar-refractivity contribution in [3.63, 3.8) is 0 Å². The molecule has 0 bridgehead atoms. The molecule has 5 aromatic rings. The van der Waals surface area contributed by atoms with Gasteiger partial charge in [-0.3, -0.25) is 0 Å². The zero-order chi connectivity index (χ0) is 24.7. The highest BCUT2D eigenvalue weighted by Crippen LogP contribution is 2.35. The van der Waals surface area contributed by atoms with E-state index in [2.05, 4.69) is 15.0 Å². The number of hydrogen-bond donors (Lipinski definition) is 3. The Hall–Kier alpha value is -4.60. The molecule has 6 nitrogen and oxygen atoms in total. The first-order valence-corrected chi connectivity index (χ1v) is 10.3. The van der Waals surface area contributed by atoms with Gasteiger partial charge in [-0.1, -0.05) is 18.2 Å². The van der Waals surface area contributed by atoms with Crippen LogP contribution in [0.1, 0.15) is 21.7 Å². The van der Waals surface area contributed by atoms with Gasteiger partial charge in [-0.25, -0.2) is 27.3 Å². The summed E-state index contributed by atoms with van der Waals surface area (Å²) in [5.74, 6) is -5.59. The molecule has 2 aromatic heterocycles. The van der Waals surface area contributed by atoms with Gasteiger partial charge in [0.25, 0.3) is 0 Å². The molecule has 176 valence electrons. The summed E-state index contributed by atoms with van der Waals surface area (Å²) in [4.78, 5) is 21.1. The topological polar surface area (TPSA) is 91.0 Å². The fraction of sp³-hybridized carbons (Fsp3) is 0.0400. The van der Waals surface area contributed by atoms with Crippen molar-refractivity contribution in [2.24, 2.45) is 0 Å². The van der Waals surface area contributed by atoms with Crippen molar-refractivity contribution in [1.29, 1.82) is 0 Å². The Labute approximate surface area is 194 Å². The van der Waals surface area contributed by atoms with Gasteiger partial charge in [-0.15, -0.1) is 0 Å². The van der Waals surface area contributed by atoms with Gasteiger partial charge in [0.15, 0.2) is 23.1 Å². The van der Waals surface area contributed by atoms with E-state index in [1.54, 1.807) is 6.07 Å². The van der Waals surface area contributed by atoms with Crippen LogP contribution in [0.15, 0.2) is 60.8 Å². The van der Waals surface area contributed by atoms with Crippen LogP contribution in [0.25, 0.3) is 22.3 Å². The van der Waals surface area contributed by atoms with E-state index >= 15 is 0 Å². The number of rotatable bonds is 6. The van der Waals surface area contributed by atoms with Gasteiger partial charge in [-0.2, -0.15) is 0 Å². The SMILES string of the molecule is O=C(O)c1nc(-c2cc(Oc3c(F)cc4[nH]ccc4c3F)ccc2F)[nH]c1Cc1ccccc1F. The van der Waals surface area contributed by atoms with E-state index in [9.17, 15) is 27.5 Å². The highest BCUT2D eigenvalue weighted by Gasteiger charge is 2.22. The second kappa shape index (κ2) is 8.64. The number of halogens is 4. The zero-order valence-electron chi connectivity index (χ0n) is 17.7. The monoisotopic (exact) mass is 481 g/mol. The number of aromatic carboxylic acids is 1. The van der Waals surface area contributed by atoms with Crippen molar-refractivity contribution in [3.8, 4) is 22.9 Å². The number of carbonyl (C=O) groups is 1. The highest BCUT2D eigenvalue weighted by atomic mass is 19.1. The maximum Gasteiger partial charge on any atom is 0.356 e. The molecule has 3 N–H and O–H groups in total. The van der Waals surface area contributed by atoms with Gasteiger partial charge in [0.1, 0.15) is 23.2 Å². The third kappa shape index (κ3) is 4.10. The van der Waals surface area contributed by atoms with Crippen LogP contribution >= 0.6 is 0 Å². The predicted octanol–water partition coefficient (Wildman–Crippen LogP) is 6.20. The summed E-state index contributed by atoms with van der Waals surface area (Å²) >= 11 is 0. The minimum Gasteiger partial charge on any atom is -0.476 e. The smallest absolute Gasteiger partial charge is 0.356 e. The summed E-state index contributed by atoms with van der Waals surface area (Å²) in [6.45, 7) is 0. The van der Waals surface area contributed by atoms with Crippen LogP contribution in [-0.2, 0) is 6.42 Å². The molecule has 0 aliphatic carbocycles. The standard InChI is InChI=1S/C25H15F4N3O3/c26-16-4-2-1-3-12(16)9-20-22(25(33)34)32-24(31-20)15-10-13(5-6-17(15)27)35-23-18(28)11-19-14(21(23)29)7-8-30-19/h1-8,10-11,30H,9H2,(H,31,32)(H,33,34). The third-order valence-electron chi connectivity index (χ3n) is 5.42. The fourth-order valence-electron chi connectivity index (χ4n) is 3.75. The molecule has 35 heavy (non-hydrogen) atoms. The average Bonchev–Trinajstić information content (AvgIpc) is 3.46. The van der Waals surface area contributed by atoms with Crippen LogP contribution < -0.4 is 4.74 Å². The lowest BCUT2D eigenvalue weighted by molar-refractivity contribution is 0.0690. The first kappa shape index (κ1) is 22.2. The van der Waals surface area contributed by atoms with Crippen LogP contribution in [0.2, 0.25) is 0 Å². The van der Waals surface area contributed by atoms with Crippen LogP contribution in [0.3, 0.4) is 0 Å². The first-order chi connectivity index (χ1) is 16.8. The van der Waals surface area contributed by atoms with E-state index in [-0.39, 0.29) is 45.7 Å². The number of carboxylic acids is 1. The molecule has 0 saturated heterocycles. The van der Waals surface area contributed by atoms with Crippen molar-refractivity contribution in [3.05, 3.63) is 101 Å². The molecule has 5 rings (SSSR count). The van der Waals surface area contributed by atoms with E-state index in [4.69, 9.17) is 4.74 Å². The largest absolute Gasteiger partial charge is 0.476 e. The lowest BCUT2D eigenvalue weighted by atomic mass is 10.1. The maximum absolute atomic E-state index is 14.8. The van der Waals surface area contributed by atoms with E-state index in [1.165, 1.54) is 36.5 Å². The molecule has 3 aromatic carbocycles. The van der Waals surface area contributed by atoms with Gasteiger partial charge in [0.05, 0.1) is 16.8 Å². The lowest BCUT2D eigenvalue weighted by Gasteiger charge is -2.10. The number of benzene rings is 3. The Morgan fingerprint density at radius 1 is 0.971 bits per heavy atom. The molecule has 10 heteroatoms. The Bertz CT molecular complexity index is 1590. The maximum atomic E-state index is 14.8. The summed E-state index contributed by atoms with van der Waals surface area (Å²) < 4.78 is 63.4. The van der Waals surface area contributed by atoms with Crippen LogP contribution in [0, 0.1) is 23.3 Å². The molecular weight excluding hydrogens is 466 g/mol. The first-order valence-electron chi connectivity index (χ1n) is 10.3. The number of imidazole rings is 1. The molecule has 0 radical (unpaired) electrons. The second-order valence-corrected chi connectivity index (χ2v) is 7.67. The number of carboxylic acid groups (broad SMARTS) is 1. The number of aromatic amines is 2. The summed E-state index contributed by atoms with van der Waals surface area (Å²) in [7, 11) is 0. The summed E-state index contributed by atoms with van der Waals surface area (Å²) in [5.41, 5.74) is -0.101. The fourth-order valence-corrected chi connectivity index (χ4v) is 3.75. The number of aromatic nitrogens is 3. The predicted molar refractivity (Wildman–Crippen MR) is 118 cm³/mol. The van der Waals surface area contributed by atoms with Crippen molar-refractivity contribution < 1.29 is 32.2 Å². The minimum absolute atomic E-state index is 0.0540. The van der Waals surface area contributed by atoms with E-state index < -0.39 is 40.7 Å². The molecule has 0 atom stereocenters. The summed E-state index contributed by atoms with van der Waals surface area (Å²) in [6, 6.07) is 11.6. The Morgan fingerprint density at radius 2 is 1.77 bits per heavy atom. The van der Waals surface area contributed by atoms with Crippen molar-refractivity contribution in [1.82, 2.24) is 15.0 Å². The van der Waals surface area contributed by atoms with E-state index in [0.717, 1.165) is 18.2 Å². The summed E-state index contributed by atoms with van der Waals surface area (Å²) in [6.07, 6.45) is 1.31. The minimum atomic E-state index is -1.39. The molecule has 0 saturated carbocycles. The van der Waals surface area contributed by atoms with Crippen molar-refractivity contribution in [2.45, 2.75) is 6.42 Å². The number of nitrogens with one attached hydrogen (secondary N) is 2. The zero-order valence-corrected chi connectivity index (χ0v) is 17.7. The Balaban J connectivity index is 1.53. The Morgan fingerprint density at radius 3 is 2.54 bits per heavy atom. The lowest BCUT2D eigenvalue weighted by Crippen LogP contribution is -2.03. The number of H-pyrrole nitrogens is 2. The molecule has 0 unspecified atom stereocenters. The van der Waals surface area contributed by atoms with Crippen LogP contribution in [-0.4, -0.2) is 26.0 Å². The van der Waals surface area contributed by atoms with Gasteiger partial charge in [-0.05, 0) is 35.9 Å². The van der Waals surface area contributed by atoms with Gasteiger partial charge < -0.3 is 19.8 Å². The van der Waals surface area contributed by atoms with Crippen LogP contribution in [0.5, 0.6) is 11.5 Å².